The molecule has 0 saturated carbocycles. The van der Waals surface area contributed by atoms with E-state index in [9.17, 15) is 0 Å². The third kappa shape index (κ3) is 4.22. The Hall–Kier alpha value is -0.300. The second kappa shape index (κ2) is 4.57. The Morgan fingerprint density at radius 1 is 1.44 bits per heavy atom. The summed E-state index contributed by atoms with van der Waals surface area (Å²) in [6, 6.07) is 0. The van der Waals surface area contributed by atoms with Crippen molar-refractivity contribution in [2.75, 3.05) is 0 Å². The normalized spacial score (nSPS) is 13.7. The van der Waals surface area contributed by atoms with E-state index in [1.54, 1.807) is 6.08 Å². The van der Waals surface area contributed by atoms with Crippen molar-refractivity contribution in [2.24, 2.45) is 0 Å². The van der Waals surface area contributed by atoms with Gasteiger partial charge in [0.1, 0.15) is 0 Å². The molecule has 0 heterocycles. The van der Waals surface area contributed by atoms with E-state index in [-0.39, 0.29) is 0 Å². The van der Waals surface area contributed by atoms with Crippen LogP contribution in [0.5, 0.6) is 0 Å². The average Bonchev–Trinajstić information content (AvgIpc) is 1.82. The molecule has 0 amide bonds. The Bertz CT molecular complexity index is 148. The number of halogens is 1. The van der Waals surface area contributed by atoms with E-state index in [4.69, 9.17) is 0 Å². The highest BCUT2D eigenvalue weighted by atomic mass is 79.9. The molecule has 0 saturated heterocycles. The third-order valence-corrected chi connectivity index (χ3v) is 1.65. The molecule has 9 heavy (non-hydrogen) atoms. The Morgan fingerprint density at radius 2 is 2.00 bits per heavy atom. The molecular formula is C8H11Br. The highest BCUT2D eigenvalue weighted by molar-refractivity contribution is 9.11. The first kappa shape index (κ1) is 8.70. The Kier molecular flexibility index (Phi) is 4.41. The van der Waals surface area contributed by atoms with Crippen molar-refractivity contribution < 1.29 is 0 Å². The predicted octanol–water partition coefficient (Wildman–Crippen LogP) is 3.42. The number of hydrogen-bond acceptors (Lipinski definition) is 0. The zero-order valence-corrected chi connectivity index (χ0v) is 7.40. The molecule has 0 fully saturated rings. The minimum absolute atomic E-state index is 1.17. The van der Waals surface area contributed by atoms with Gasteiger partial charge in [-0.05, 0) is 23.9 Å². The molecular weight excluding hydrogens is 176 g/mol. The summed E-state index contributed by atoms with van der Waals surface area (Å²) in [4.78, 5) is 0. The van der Waals surface area contributed by atoms with Crippen LogP contribution in [-0.4, -0.2) is 0 Å². The molecule has 0 bridgehead atoms. The van der Waals surface area contributed by atoms with Gasteiger partial charge in [-0.2, -0.15) is 0 Å². The summed E-state index contributed by atoms with van der Waals surface area (Å²) < 4.78 is 1.17. The molecule has 0 aromatic heterocycles. The first-order valence-electron chi connectivity index (χ1n) is 2.80. The lowest BCUT2D eigenvalue weighted by atomic mass is 10.3. The highest BCUT2D eigenvalue weighted by Crippen LogP contribution is 2.10. The van der Waals surface area contributed by atoms with Gasteiger partial charge in [-0.1, -0.05) is 40.7 Å². The Labute approximate surface area is 65.1 Å². The minimum Gasteiger partial charge on any atom is -0.0991 e. The van der Waals surface area contributed by atoms with Crippen LogP contribution in [0.15, 0.2) is 34.9 Å². The zero-order valence-electron chi connectivity index (χ0n) is 5.82. The second-order valence-electron chi connectivity index (χ2n) is 1.81. The van der Waals surface area contributed by atoms with Gasteiger partial charge >= 0.3 is 0 Å². The van der Waals surface area contributed by atoms with Crippen LogP contribution in [-0.2, 0) is 0 Å². The molecule has 0 atom stereocenters. The number of hydrogen-bond donors (Lipinski definition) is 0. The van der Waals surface area contributed by atoms with E-state index in [1.807, 2.05) is 26.0 Å². The highest BCUT2D eigenvalue weighted by Gasteiger charge is 1.83. The summed E-state index contributed by atoms with van der Waals surface area (Å²) in [6.45, 7) is 7.63. The van der Waals surface area contributed by atoms with Crippen molar-refractivity contribution >= 4 is 15.9 Å². The maximum absolute atomic E-state index is 3.57. The summed E-state index contributed by atoms with van der Waals surface area (Å²) >= 11 is 3.36. The van der Waals surface area contributed by atoms with Crippen LogP contribution >= 0.6 is 15.9 Å². The fraction of sp³-hybridized carbons (Fsp3) is 0.250. The van der Waals surface area contributed by atoms with Crippen molar-refractivity contribution in [3.63, 3.8) is 0 Å². The number of allylic oxidation sites excluding steroid dienone is 5. The maximum atomic E-state index is 3.57. The van der Waals surface area contributed by atoms with Gasteiger partial charge in [0.2, 0.25) is 0 Å². The van der Waals surface area contributed by atoms with Crippen molar-refractivity contribution in [3.8, 4) is 0 Å². The van der Waals surface area contributed by atoms with E-state index in [0.29, 0.717) is 0 Å². The lowest BCUT2D eigenvalue weighted by Gasteiger charge is -1.90. The molecule has 0 aliphatic rings. The van der Waals surface area contributed by atoms with Crippen LogP contribution in [0.4, 0.5) is 0 Å². The molecule has 0 radical (unpaired) electrons. The first-order valence-corrected chi connectivity index (χ1v) is 3.60. The Balaban J connectivity index is 4.06. The lowest BCUT2D eigenvalue weighted by Crippen LogP contribution is -1.67. The summed E-state index contributed by atoms with van der Waals surface area (Å²) in [5, 5.41) is 0. The summed E-state index contributed by atoms with van der Waals surface area (Å²) in [6.07, 6.45) is 5.69. The quantitative estimate of drug-likeness (QED) is 0.581. The van der Waals surface area contributed by atoms with E-state index in [2.05, 4.69) is 22.5 Å². The molecule has 0 N–H and O–H groups in total. The van der Waals surface area contributed by atoms with Gasteiger partial charge in [0.25, 0.3) is 0 Å². The van der Waals surface area contributed by atoms with E-state index < -0.39 is 0 Å². The maximum Gasteiger partial charge on any atom is -0.00512 e. The predicted molar refractivity (Wildman–Crippen MR) is 46.6 cm³/mol. The summed E-state index contributed by atoms with van der Waals surface area (Å²) in [7, 11) is 0. The van der Waals surface area contributed by atoms with Crippen molar-refractivity contribution in [1.29, 1.82) is 0 Å². The summed E-state index contributed by atoms with van der Waals surface area (Å²) in [5.41, 5.74) is 1.23. The number of rotatable bonds is 2. The monoisotopic (exact) mass is 186 g/mol. The van der Waals surface area contributed by atoms with Gasteiger partial charge in [0.15, 0.2) is 0 Å². The SMILES string of the molecule is C=C/C=C\C(C)=C(/C)Br. The zero-order chi connectivity index (χ0) is 7.28. The molecule has 0 unspecified atom stereocenters. The first-order chi connectivity index (χ1) is 4.18. The standard InChI is InChI=1S/C8H11Br/c1-4-5-6-7(2)8(3)9/h4-6H,1H2,2-3H3/b6-5-,8-7+. The van der Waals surface area contributed by atoms with Gasteiger partial charge in [0.05, 0.1) is 0 Å². The molecule has 50 valence electrons. The van der Waals surface area contributed by atoms with Crippen LogP contribution in [0.2, 0.25) is 0 Å². The Morgan fingerprint density at radius 3 is 2.33 bits per heavy atom. The van der Waals surface area contributed by atoms with Crippen LogP contribution in [0, 0.1) is 0 Å². The second-order valence-corrected chi connectivity index (χ2v) is 3.00. The minimum atomic E-state index is 1.17. The lowest BCUT2D eigenvalue weighted by molar-refractivity contribution is 1.46. The van der Waals surface area contributed by atoms with Crippen molar-refractivity contribution in [1.82, 2.24) is 0 Å². The molecule has 0 nitrogen and oxygen atoms in total. The molecule has 0 aromatic rings. The molecule has 0 rings (SSSR count). The molecule has 1 heteroatoms. The fourth-order valence-corrected chi connectivity index (χ4v) is 0.459. The van der Waals surface area contributed by atoms with Crippen molar-refractivity contribution in [2.45, 2.75) is 13.8 Å². The van der Waals surface area contributed by atoms with E-state index in [0.717, 1.165) is 0 Å². The fourth-order valence-electron chi connectivity index (χ4n) is 0.327. The van der Waals surface area contributed by atoms with E-state index >= 15 is 0 Å². The van der Waals surface area contributed by atoms with Gasteiger partial charge in [-0.3, -0.25) is 0 Å². The molecule has 0 aromatic carbocycles. The van der Waals surface area contributed by atoms with Crippen molar-refractivity contribution in [3.05, 3.63) is 34.9 Å². The van der Waals surface area contributed by atoms with Crippen LogP contribution in [0.1, 0.15) is 13.8 Å². The smallest absolute Gasteiger partial charge is 0.00512 e. The third-order valence-electron chi connectivity index (χ3n) is 1.03. The topological polar surface area (TPSA) is 0 Å². The van der Waals surface area contributed by atoms with Crippen LogP contribution in [0.3, 0.4) is 0 Å². The van der Waals surface area contributed by atoms with Gasteiger partial charge in [-0.15, -0.1) is 0 Å². The molecule has 0 aliphatic heterocycles. The molecule has 0 spiro atoms. The largest absolute Gasteiger partial charge is 0.0991 e. The van der Waals surface area contributed by atoms with Crippen LogP contribution in [0.25, 0.3) is 0 Å². The van der Waals surface area contributed by atoms with E-state index in [1.165, 1.54) is 10.1 Å². The average molecular weight is 187 g/mol. The van der Waals surface area contributed by atoms with Gasteiger partial charge < -0.3 is 0 Å². The van der Waals surface area contributed by atoms with Gasteiger partial charge in [0, 0.05) is 0 Å². The molecule has 0 aliphatic carbocycles. The van der Waals surface area contributed by atoms with Gasteiger partial charge in [-0.25, -0.2) is 0 Å². The summed E-state index contributed by atoms with van der Waals surface area (Å²) in [5.74, 6) is 0. The van der Waals surface area contributed by atoms with Crippen LogP contribution < -0.4 is 0 Å².